The first kappa shape index (κ1) is 14.8. The van der Waals surface area contributed by atoms with E-state index in [1.807, 2.05) is 11.0 Å². The van der Waals surface area contributed by atoms with Gasteiger partial charge in [-0.15, -0.1) is 0 Å². The highest BCUT2D eigenvalue weighted by Gasteiger charge is 2.25. The van der Waals surface area contributed by atoms with Crippen molar-refractivity contribution in [2.45, 2.75) is 44.6 Å². The third kappa shape index (κ3) is 4.20. The van der Waals surface area contributed by atoms with E-state index < -0.39 is 0 Å². The van der Waals surface area contributed by atoms with E-state index in [1.165, 1.54) is 19.3 Å². The molecular formula is C15H23N3O2. The zero-order chi connectivity index (χ0) is 14.2. The molecule has 0 radical (unpaired) electrons. The molecule has 0 bridgehead atoms. The van der Waals surface area contributed by atoms with Crippen LogP contribution in [0.2, 0.25) is 0 Å². The summed E-state index contributed by atoms with van der Waals surface area (Å²) in [5, 5.41) is 11.9. The summed E-state index contributed by atoms with van der Waals surface area (Å²) in [6.07, 6.45) is 9.69. The van der Waals surface area contributed by atoms with Crippen LogP contribution < -0.4 is 5.32 Å². The lowest BCUT2D eigenvalue weighted by Gasteiger charge is -2.34. The summed E-state index contributed by atoms with van der Waals surface area (Å²) < 4.78 is 0. The number of anilines is 1. The maximum absolute atomic E-state index is 12.4. The van der Waals surface area contributed by atoms with Crippen LogP contribution in [0.15, 0.2) is 24.5 Å². The van der Waals surface area contributed by atoms with Gasteiger partial charge in [-0.2, -0.15) is 0 Å². The highest BCUT2D eigenvalue weighted by atomic mass is 16.3. The van der Waals surface area contributed by atoms with E-state index in [0.29, 0.717) is 24.7 Å². The number of nitrogens with zero attached hydrogens (tertiary/aromatic N) is 2. The van der Waals surface area contributed by atoms with Crippen molar-refractivity contribution in [2.24, 2.45) is 0 Å². The van der Waals surface area contributed by atoms with Gasteiger partial charge in [-0.25, -0.2) is 4.79 Å². The minimum absolute atomic E-state index is 0.0849. The fraction of sp³-hybridized carbons (Fsp3) is 0.600. The van der Waals surface area contributed by atoms with Gasteiger partial charge in [0.15, 0.2) is 0 Å². The van der Waals surface area contributed by atoms with Crippen LogP contribution in [-0.2, 0) is 0 Å². The standard InChI is InChI=1S/C15H23N3O2/c19-11-5-10-18(14-7-2-1-3-8-14)15(20)17-13-6-4-9-16-12-13/h4,6,9,12,14,19H,1-3,5,7-8,10-11H2,(H,17,20). The lowest BCUT2D eigenvalue weighted by atomic mass is 9.94. The highest BCUT2D eigenvalue weighted by Crippen LogP contribution is 2.23. The number of aromatic nitrogens is 1. The number of hydrogen-bond donors (Lipinski definition) is 2. The monoisotopic (exact) mass is 277 g/mol. The third-order valence-electron chi connectivity index (χ3n) is 3.75. The second kappa shape index (κ2) is 7.85. The van der Waals surface area contributed by atoms with E-state index in [-0.39, 0.29) is 12.6 Å². The number of carbonyl (C=O) groups is 1. The molecule has 2 amide bonds. The largest absolute Gasteiger partial charge is 0.396 e. The summed E-state index contributed by atoms with van der Waals surface area (Å²) in [6, 6.07) is 3.84. The van der Waals surface area contributed by atoms with Crippen LogP contribution in [0.25, 0.3) is 0 Å². The SMILES string of the molecule is O=C(Nc1cccnc1)N(CCCO)C1CCCCC1. The van der Waals surface area contributed by atoms with Gasteiger partial charge >= 0.3 is 6.03 Å². The molecule has 110 valence electrons. The molecule has 1 aromatic heterocycles. The molecule has 0 saturated heterocycles. The van der Waals surface area contributed by atoms with Gasteiger partial charge < -0.3 is 15.3 Å². The van der Waals surface area contributed by atoms with Gasteiger partial charge in [0, 0.05) is 25.4 Å². The Morgan fingerprint density at radius 3 is 2.85 bits per heavy atom. The number of rotatable bonds is 5. The molecule has 5 nitrogen and oxygen atoms in total. The van der Waals surface area contributed by atoms with Crippen LogP contribution in [0, 0.1) is 0 Å². The van der Waals surface area contributed by atoms with E-state index in [1.54, 1.807) is 18.5 Å². The lowest BCUT2D eigenvalue weighted by Crippen LogP contribution is -2.44. The fourth-order valence-electron chi connectivity index (χ4n) is 2.72. The minimum Gasteiger partial charge on any atom is -0.396 e. The van der Waals surface area contributed by atoms with Gasteiger partial charge in [0.1, 0.15) is 0 Å². The molecule has 1 heterocycles. The Labute approximate surface area is 120 Å². The van der Waals surface area contributed by atoms with Crippen molar-refractivity contribution < 1.29 is 9.90 Å². The highest BCUT2D eigenvalue weighted by molar-refractivity contribution is 5.89. The molecule has 1 aromatic rings. The molecule has 1 fully saturated rings. The molecule has 0 aliphatic heterocycles. The second-order valence-corrected chi connectivity index (χ2v) is 5.23. The van der Waals surface area contributed by atoms with Crippen LogP contribution in [-0.4, -0.2) is 40.2 Å². The summed E-state index contributed by atoms with van der Waals surface area (Å²) in [4.78, 5) is 18.3. The maximum atomic E-state index is 12.4. The summed E-state index contributed by atoms with van der Waals surface area (Å²) in [5.74, 6) is 0. The number of hydrogen-bond acceptors (Lipinski definition) is 3. The van der Waals surface area contributed by atoms with E-state index in [4.69, 9.17) is 5.11 Å². The Morgan fingerprint density at radius 2 is 2.20 bits per heavy atom. The van der Waals surface area contributed by atoms with Crippen molar-refractivity contribution in [2.75, 3.05) is 18.5 Å². The smallest absolute Gasteiger partial charge is 0.322 e. The zero-order valence-corrected chi connectivity index (χ0v) is 11.8. The van der Waals surface area contributed by atoms with Crippen molar-refractivity contribution in [1.29, 1.82) is 0 Å². The molecule has 0 aromatic carbocycles. The summed E-state index contributed by atoms with van der Waals surface area (Å²) >= 11 is 0. The molecular weight excluding hydrogens is 254 g/mol. The predicted octanol–water partition coefficient (Wildman–Crippen LogP) is 2.63. The fourth-order valence-corrected chi connectivity index (χ4v) is 2.72. The Balaban J connectivity index is 1.99. The van der Waals surface area contributed by atoms with Gasteiger partial charge in [-0.3, -0.25) is 4.98 Å². The Kier molecular flexibility index (Phi) is 5.80. The normalized spacial score (nSPS) is 15.8. The molecule has 1 saturated carbocycles. The Bertz CT molecular complexity index is 405. The number of aliphatic hydroxyl groups is 1. The average molecular weight is 277 g/mol. The van der Waals surface area contributed by atoms with E-state index in [0.717, 1.165) is 12.8 Å². The van der Waals surface area contributed by atoms with Crippen LogP contribution in [0.1, 0.15) is 38.5 Å². The quantitative estimate of drug-likeness (QED) is 0.869. The first-order chi connectivity index (χ1) is 9.81. The Hall–Kier alpha value is -1.62. The number of amides is 2. The van der Waals surface area contributed by atoms with Crippen LogP contribution in [0.3, 0.4) is 0 Å². The topological polar surface area (TPSA) is 65.5 Å². The molecule has 5 heteroatoms. The van der Waals surface area contributed by atoms with E-state index >= 15 is 0 Å². The van der Waals surface area contributed by atoms with Crippen LogP contribution >= 0.6 is 0 Å². The summed E-state index contributed by atoms with van der Waals surface area (Å²) in [7, 11) is 0. The molecule has 20 heavy (non-hydrogen) atoms. The number of aliphatic hydroxyl groups excluding tert-OH is 1. The Morgan fingerprint density at radius 1 is 1.40 bits per heavy atom. The van der Waals surface area contributed by atoms with E-state index in [9.17, 15) is 4.79 Å². The molecule has 0 spiro atoms. The van der Waals surface area contributed by atoms with Gasteiger partial charge in [-0.05, 0) is 31.4 Å². The zero-order valence-electron chi connectivity index (χ0n) is 11.8. The molecule has 1 aliphatic carbocycles. The van der Waals surface area contributed by atoms with Crippen molar-refractivity contribution in [3.05, 3.63) is 24.5 Å². The molecule has 2 rings (SSSR count). The van der Waals surface area contributed by atoms with Gasteiger partial charge in [-0.1, -0.05) is 19.3 Å². The van der Waals surface area contributed by atoms with Crippen molar-refractivity contribution in [1.82, 2.24) is 9.88 Å². The first-order valence-electron chi connectivity index (χ1n) is 7.40. The van der Waals surface area contributed by atoms with Gasteiger partial charge in [0.05, 0.1) is 11.9 Å². The molecule has 0 atom stereocenters. The number of nitrogens with one attached hydrogen (secondary N) is 1. The average Bonchev–Trinajstić information content (AvgIpc) is 2.50. The number of pyridine rings is 1. The number of carbonyl (C=O) groups excluding carboxylic acids is 1. The first-order valence-corrected chi connectivity index (χ1v) is 7.40. The maximum Gasteiger partial charge on any atom is 0.322 e. The van der Waals surface area contributed by atoms with E-state index in [2.05, 4.69) is 10.3 Å². The van der Waals surface area contributed by atoms with Crippen LogP contribution in [0.5, 0.6) is 0 Å². The molecule has 2 N–H and O–H groups in total. The van der Waals surface area contributed by atoms with Gasteiger partial charge in [0.25, 0.3) is 0 Å². The lowest BCUT2D eigenvalue weighted by molar-refractivity contribution is 0.158. The molecule has 0 unspecified atom stereocenters. The number of urea groups is 1. The van der Waals surface area contributed by atoms with Crippen molar-refractivity contribution >= 4 is 11.7 Å². The van der Waals surface area contributed by atoms with Crippen molar-refractivity contribution in [3.63, 3.8) is 0 Å². The second-order valence-electron chi connectivity index (χ2n) is 5.23. The minimum atomic E-state index is -0.0849. The van der Waals surface area contributed by atoms with Crippen LogP contribution in [0.4, 0.5) is 10.5 Å². The summed E-state index contributed by atoms with van der Waals surface area (Å²) in [6.45, 7) is 0.719. The predicted molar refractivity (Wildman–Crippen MR) is 78.5 cm³/mol. The van der Waals surface area contributed by atoms with Crippen molar-refractivity contribution in [3.8, 4) is 0 Å². The van der Waals surface area contributed by atoms with Gasteiger partial charge in [0.2, 0.25) is 0 Å². The third-order valence-corrected chi connectivity index (χ3v) is 3.75. The molecule has 1 aliphatic rings. The summed E-state index contributed by atoms with van der Waals surface area (Å²) in [5.41, 5.74) is 0.710.